The van der Waals surface area contributed by atoms with Gasteiger partial charge < -0.3 is 0 Å². The molecule has 1 heterocycles. The number of carbonyl (C=O) groups excluding carboxylic acids is 1. The molecule has 0 aliphatic heterocycles. The van der Waals surface area contributed by atoms with Crippen LogP contribution in [0.15, 0.2) is 42.5 Å². The molecule has 9 heteroatoms. The Labute approximate surface area is 143 Å². The molecule has 0 saturated carbocycles. The average Bonchev–Trinajstić information content (AvgIpc) is 2.87. The minimum absolute atomic E-state index is 0.148. The lowest BCUT2D eigenvalue weighted by atomic mass is 10.1. The summed E-state index contributed by atoms with van der Waals surface area (Å²) in [4.78, 5) is 23.0. The SMILES string of the molecule is Cc1cc2cc([N+](=O)[O-])ccc2n1C(=O)c1c(F)cccc1C(F)(F)F. The van der Waals surface area contributed by atoms with Gasteiger partial charge in [0.05, 0.1) is 21.6 Å². The Hall–Kier alpha value is -3.23. The van der Waals surface area contributed by atoms with Gasteiger partial charge in [0.25, 0.3) is 11.6 Å². The van der Waals surface area contributed by atoms with E-state index in [9.17, 15) is 32.5 Å². The molecule has 134 valence electrons. The van der Waals surface area contributed by atoms with Gasteiger partial charge in [-0.15, -0.1) is 0 Å². The van der Waals surface area contributed by atoms with Crippen molar-refractivity contribution in [3.05, 3.63) is 75.2 Å². The first kappa shape index (κ1) is 17.6. The summed E-state index contributed by atoms with van der Waals surface area (Å²) in [5.41, 5.74) is -2.34. The molecule has 5 nitrogen and oxygen atoms in total. The zero-order valence-electron chi connectivity index (χ0n) is 13.2. The van der Waals surface area contributed by atoms with Crippen molar-refractivity contribution < 1.29 is 27.3 Å². The Balaban J connectivity index is 2.24. The van der Waals surface area contributed by atoms with Crippen molar-refractivity contribution in [3.8, 4) is 0 Å². The van der Waals surface area contributed by atoms with Crippen molar-refractivity contribution in [2.45, 2.75) is 13.1 Å². The smallest absolute Gasteiger partial charge is 0.280 e. The number of non-ortho nitro benzene ring substituents is 1. The third-order valence-corrected chi connectivity index (χ3v) is 3.92. The molecule has 0 aliphatic rings. The summed E-state index contributed by atoms with van der Waals surface area (Å²) in [5, 5.41) is 11.1. The number of fused-ring (bicyclic) bond motifs is 1. The van der Waals surface area contributed by atoms with Crippen LogP contribution >= 0.6 is 0 Å². The molecule has 0 fully saturated rings. The molecule has 0 saturated heterocycles. The second-order valence-corrected chi connectivity index (χ2v) is 5.59. The molecule has 0 spiro atoms. The quantitative estimate of drug-likeness (QED) is 0.375. The molecule has 0 radical (unpaired) electrons. The molecule has 0 atom stereocenters. The first-order chi connectivity index (χ1) is 12.1. The minimum Gasteiger partial charge on any atom is -0.280 e. The van der Waals surface area contributed by atoms with Crippen LogP contribution in [-0.4, -0.2) is 15.4 Å². The van der Waals surface area contributed by atoms with Crippen molar-refractivity contribution in [1.82, 2.24) is 4.57 Å². The normalized spacial score (nSPS) is 11.7. The van der Waals surface area contributed by atoms with Gasteiger partial charge >= 0.3 is 6.18 Å². The molecule has 26 heavy (non-hydrogen) atoms. The first-order valence-electron chi connectivity index (χ1n) is 7.28. The van der Waals surface area contributed by atoms with Crippen molar-refractivity contribution in [2.24, 2.45) is 0 Å². The van der Waals surface area contributed by atoms with E-state index in [-0.39, 0.29) is 22.3 Å². The second kappa shape index (κ2) is 5.94. The first-order valence-corrected chi connectivity index (χ1v) is 7.28. The number of hydrogen-bond acceptors (Lipinski definition) is 3. The Bertz CT molecular complexity index is 1050. The molecular weight excluding hydrogens is 356 g/mol. The van der Waals surface area contributed by atoms with E-state index in [4.69, 9.17) is 0 Å². The Morgan fingerprint density at radius 3 is 2.46 bits per heavy atom. The summed E-state index contributed by atoms with van der Waals surface area (Å²) in [5.74, 6) is -2.50. The summed E-state index contributed by atoms with van der Waals surface area (Å²) in [6.07, 6.45) is -4.91. The third-order valence-electron chi connectivity index (χ3n) is 3.92. The van der Waals surface area contributed by atoms with Crippen LogP contribution in [0.2, 0.25) is 0 Å². The van der Waals surface area contributed by atoms with Crippen LogP contribution < -0.4 is 0 Å². The van der Waals surface area contributed by atoms with E-state index in [0.717, 1.165) is 22.8 Å². The van der Waals surface area contributed by atoms with Crippen LogP contribution in [0.5, 0.6) is 0 Å². The highest BCUT2D eigenvalue weighted by Crippen LogP contribution is 2.34. The van der Waals surface area contributed by atoms with Crippen LogP contribution in [0.1, 0.15) is 21.6 Å². The van der Waals surface area contributed by atoms with Gasteiger partial charge in [-0.1, -0.05) is 6.07 Å². The van der Waals surface area contributed by atoms with E-state index in [1.807, 2.05) is 0 Å². The van der Waals surface area contributed by atoms with Crippen molar-refractivity contribution in [3.63, 3.8) is 0 Å². The van der Waals surface area contributed by atoms with E-state index >= 15 is 0 Å². The van der Waals surface area contributed by atoms with Crippen molar-refractivity contribution in [2.75, 3.05) is 0 Å². The van der Waals surface area contributed by atoms with Gasteiger partial charge in [0.15, 0.2) is 0 Å². The number of hydrogen-bond donors (Lipinski definition) is 0. The molecule has 3 aromatic rings. The maximum atomic E-state index is 14.1. The van der Waals surface area contributed by atoms with E-state index in [2.05, 4.69) is 0 Å². The van der Waals surface area contributed by atoms with E-state index in [1.54, 1.807) is 0 Å². The van der Waals surface area contributed by atoms with E-state index in [1.165, 1.54) is 25.1 Å². The summed E-state index contributed by atoms with van der Waals surface area (Å²) >= 11 is 0. The van der Waals surface area contributed by atoms with Crippen molar-refractivity contribution in [1.29, 1.82) is 0 Å². The highest BCUT2D eigenvalue weighted by Gasteiger charge is 2.37. The highest BCUT2D eigenvalue weighted by atomic mass is 19.4. The average molecular weight is 366 g/mol. The zero-order chi connectivity index (χ0) is 19.2. The van der Waals surface area contributed by atoms with Gasteiger partial charge in [0.1, 0.15) is 5.82 Å². The predicted octanol–water partition coefficient (Wildman–Crippen LogP) is 4.70. The standard InChI is InChI=1S/C17H10F4N2O3/c1-9-7-10-8-11(23(25)26)5-6-14(10)22(9)16(24)15-12(17(19,20)21)3-2-4-13(15)18/h2-8H,1H3. The molecule has 0 unspecified atom stereocenters. The van der Waals surface area contributed by atoms with E-state index in [0.29, 0.717) is 6.07 Å². The van der Waals surface area contributed by atoms with Crippen LogP contribution in [0.4, 0.5) is 23.2 Å². The number of nitro groups is 1. The fourth-order valence-electron chi connectivity index (χ4n) is 2.81. The van der Waals surface area contributed by atoms with E-state index < -0.39 is 34.0 Å². The number of nitrogens with zero attached hydrogens (tertiary/aromatic N) is 2. The number of alkyl halides is 3. The summed E-state index contributed by atoms with van der Waals surface area (Å²) in [6, 6.07) is 7.24. The zero-order valence-corrected chi connectivity index (χ0v) is 13.2. The lowest BCUT2D eigenvalue weighted by Crippen LogP contribution is -2.21. The van der Waals surface area contributed by atoms with Crippen LogP contribution in [0.25, 0.3) is 10.9 Å². The number of rotatable bonds is 2. The number of aryl methyl sites for hydroxylation is 1. The lowest BCUT2D eigenvalue weighted by Gasteiger charge is -2.14. The Morgan fingerprint density at radius 1 is 1.15 bits per heavy atom. The number of nitro benzene ring substituents is 1. The maximum absolute atomic E-state index is 14.1. The minimum atomic E-state index is -4.91. The molecule has 2 aromatic carbocycles. The number of halogens is 4. The molecule has 0 amide bonds. The van der Waals surface area contributed by atoms with Gasteiger partial charge in [0.2, 0.25) is 0 Å². The van der Waals surface area contributed by atoms with Crippen LogP contribution in [0.3, 0.4) is 0 Å². The lowest BCUT2D eigenvalue weighted by molar-refractivity contribution is -0.384. The molecule has 0 N–H and O–H groups in total. The van der Waals surface area contributed by atoms with Gasteiger partial charge in [-0.2, -0.15) is 13.2 Å². The largest absolute Gasteiger partial charge is 0.417 e. The molecule has 0 aliphatic carbocycles. The third kappa shape index (κ3) is 2.81. The number of carbonyl (C=O) groups is 1. The Morgan fingerprint density at radius 2 is 1.85 bits per heavy atom. The van der Waals surface area contributed by atoms with Gasteiger partial charge in [0, 0.05) is 23.2 Å². The summed E-state index contributed by atoms with van der Waals surface area (Å²) in [7, 11) is 0. The fraction of sp³-hybridized carbons (Fsp3) is 0.118. The summed E-state index contributed by atoms with van der Waals surface area (Å²) < 4.78 is 54.6. The molecule has 3 rings (SSSR count). The second-order valence-electron chi connectivity index (χ2n) is 5.59. The predicted molar refractivity (Wildman–Crippen MR) is 84.5 cm³/mol. The highest BCUT2D eigenvalue weighted by molar-refractivity contribution is 6.04. The van der Waals surface area contributed by atoms with Gasteiger partial charge in [-0.25, -0.2) is 4.39 Å². The molecule has 1 aromatic heterocycles. The molecule has 0 bridgehead atoms. The monoisotopic (exact) mass is 366 g/mol. The number of aromatic nitrogens is 1. The maximum Gasteiger partial charge on any atom is 0.417 e. The molecular formula is C17H10F4N2O3. The van der Waals surface area contributed by atoms with Crippen molar-refractivity contribution >= 4 is 22.5 Å². The van der Waals surface area contributed by atoms with Gasteiger partial charge in [-0.3, -0.25) is 19.5 Å². The fourth-order valence-corrected chi connectivity index (χ4v) is 2.81. The topological polar surface area (TPSA) is 65.1 Å². The Kier molecular flexibility index (Phi) is 4.02. The summed E-state index contributed by atoms with van der Waals surface area (Å²) in [6.45, 7) is 1.44. The number of benzene rings is 2. The van der Waals surface area contributed by atoms with Gasteiger partial charge in [-0.05, 0) is 31.2 Å². The van der Waals surface area contributed by atoms with Crippen LogP contribution in [-0.2, 0) is 6.18 Å². The van der Waals surface area contributed by atoms with Crippen LogP contribution in [0, 0.1) is 22.9 Å².